The number of rotatable bonds is 2. The standard InChI is InChI=1S/C18H13NO6S/c1-26(23,24)11-2-3-12-9(8-19-13(12)7-11)4-16-18(22)17-14(21)5-10(20)6-15(17)25-16/h2-8,19-21H,1H3/b16-4-. The van der Waals surface area contributed by atoms with E-state index in [2.05, 4.69) is 4.98 Å². The highest BCUT2D eigenvalue weighted by Gasteiger charge is 2.31. The van der Waals surface area contributed by atoms with E-state index in [1.54, 1.807) is 12.3 Å². The molecule has 3 aromatic rings. The molecule has 8 heteroatoms. The zero-order chi connectivity index (χ0) is 18.6. The maximum absolute atomic E-state index is 12.5. The number of Topliss-reactive ketones (excluding diaryl/α,β-unsaturated/α-hetero) is 1. The summed E-state index contributed by atoms with van der Waals surface area (Å²) in [5, 5.41) is 20.1. The van der Waals surface area contributed by atoms with Crippen molar-refractivity contribution in [1.82, 2.24) is 4.98 Å². The van der Waals surface area contributed by atoms with E-state index in [1.807, 2.05) is 0 Å². The van der Waals surface area contributed by atoms with E-state index in [4.69, 9.17) is 4.74 Å². The number of aromatic amines is 1. The van der Waals surface area contributed by atoms with E-state index in [-0.39, 0.29) is 33.5 Å². The molecular weight excluding hydrogens is 358 g/mol. The van der Waals surface area contributed by atoms with Gasteiger partial charge >= 0.3 is 0 Å². The summed E-state index contributed by atoms with van der Waals surface area (Å²) >= 11 is 0. The lowest BCUT2D eigenvalue weighted by Crippen LogP contribution is -1.98. The molecule has 0 aliphatic carbocycles. The minimum absolute atomic E-state index is 0.00557. The van der Waals surface area contributed by atoms with Gasteiger partial charge in [0.2, 0.25) is 5.78 Å². The second-order valence-corrected chi connectivity index (χ2v) is 8.02. The predicted octanol–water partition coefficient (Wildman–Crippen LogP) is 2.60. The molecule has 7 nitrogen and oxygen atoms in total. The lowest BCUT2D eigenvalue weighted by Gasteiger charge is -2.00. The molecule has 1 aromatic heterocycles. The Hall–Kier alpha value is -3.26. The molecular formula is C18H13NO6S. The van der Waals surface area contributed by atoms with Gasteiger partial charge in [0.15, 0.2) is 15.6 Å². The number of aromatic nitrogens is 1. The van der Waals surface area contributed by atoms with Gasteiger partial charge in [0.25, 0.3) is 0 Å². The van der Waals surface area contributed by atoms with Gasteiger partial charge in [-0.05, 0) is 18.2 Å². The largest absolute Gasteiger partial charge is 0.508 e. The quantitative estimate of drug-likeness (QED) is 0.596. The van der Waals surface area contributed by atoms with Crippen molar-refractivity contribution in [1.29, 1.82) is 0 Å². The maximum atomic E-state index is 12.5. The lowest BCUT2D eigenvalue weighted by molar-refractivity contribution is 0.101. The fourth-order valence-electron chi connectivity index (χ4n) is 2.90. The lowest BCUT2D eigenvalue weighted by atomic mass is 10.1. The number of ether oxygens (including phenoxy) is 1. The van der Waals surface area contributed by atoms with Crippen LogP contribution in [-0.4, -0.2) is 35.7 Å². The molecule has 26 heavy (non-hydrogen) atoms. The van der Waals surface area contributed by atoms with E-state index in [9.17, 15) is 23.4 Å². The number of ketones is 1. The molecule has 0 spiro atoms. The molecule has 132 valence electrons. The van der Waals surface area contributed by atoms with Crippen molar-refractivity contribution >= 4 is 32.6 Å². The van der Waals surface area contributed by atoms with Crippen LogP contribution in [0.3, 0.4) is 0 Å². The fraction of sp³-hybridized carbons (Fsp3) is 0.0556. The highest BCUT2D eigenvalue weighted by atomic mass is 32.2. The molecule has 0 unspecified atom stereocenters. The van der Waals surface area contributed by atoms with E-state index >= 15 is 0 Å². The molecule has 2 heterocycles. The third-order valence-corrected chi connectivity index (χ3v) is 5.25. The minimum Gasteiger partial charge on any atom is -0.508 e. The molecule has 4 rings (SSSR count). The van der Waals surface area contributed by atoms with Gasteiger partial charge in [-0.15, -0.1) is 0 Å². The number of benzene rings is 2. The Morgan fingerprint density at radius 1 is 1.15 bits per heavy atom. The van der Waals surface area contributed by atoms with Gasteiger partial charge in [-0.1, -0.05) is 6.07 Å². The minimum atomic E-state index is -3.33. The predicted molar refractivity (Wildman–Crippen MR) is 94.1 cm³/mol. The number of hydrogen-bond donors (Lipinski definition) is 3. The Morgan fingerprint density at radius 2 is 1.92 bits per heavy atom. The first-order valence-corrected chi connectivity index (χ1v) is 9.44. The van der Waals surface area contributed by atoms with Crippen LogP contribution in [0.2, 0.25) is 0 Å². The summed E-state index contributed by atoms with van der Waals surface area (Å²) in [6, 6.07) is 6.97. The summed E-state index contributed by atoms with van der Waals surface area (Å²) in [6.45, 7) is 0. The third kappa shape index (κ3) is 2.51. The Bertz CT molecular complexity index is 1220. The first-order chi connectivity index (χ1) is 12.2. The molecule has 0 saturated heterocycles. The number of sulfone groups is 1. The highest BCUT2D eigenvalue weighted by Crippen LogP contribution is 2.40. The Morgan fingerprint density at radius 3 is 2.65 bits per heavy atom. The van der Waals surface area contributed by atoms with Crippen molar-refractivity contribution in [2.75, 3.05) is 6.26 Å². The molecule has 1 aliphatic rings. The van der Waals surface area contributed by atoms with Crippen LogP contribution < -0.4 is 4.74 Å². The van der Waals surface area contributed by atoms with Crippen LogP contribution in [0, 0.1) is 0 Å². The maximum Gasteiger partial charge on any atom is 0.235 e. The van der Waals surface area contributed by atoms with Gasteiger partial charge in [0.1, 0.15) is 22.8 Å². The van der Waals surface area contributed by atoms with Gasteiger partial charge in [-0.25, -0.2) is 8.42 Å². The van der Waals surface area contributed by atoms with Crippen molar-refractivity contribution in [3.05, 3.63) is 53.4 Å². The van der Waals surface area contributed by atoms with Crippen LogP contribution >= 0.6 is 0 Å². The molecule has 0 amide bonds. The summed E-state index contributed by atoms with van der Waals surface area (Å²) in [5.74, 6) is -0.993. The number of nitrogens with one attached hydrogen (secondary N) is 1. The summed E-state index contributed by atoms with van der Waals surface area (Å²) in [6.07, 6.45) is 4.25. The smallest absolute Gasteiger partial charge is 0.235 e. The number of H-pyrrole nitrogens is 1. The Kier molecular flexibility index (Phi) is 3.35. The molecule has 0 fully saturated rings. The molecule has 0 radical (unpaired) electrons. The summed E-state index contributed by atoms with van der Waals surface area (Å²) in [5.41, 5.74) is 1.22. The van der Waals surface area contributed by atoms with E-state index in [0.717, 1.165) is 12.3 Å². The average molecular weight is 371 g/mol. The SMILES string of the molecule is CS(=O)(=O)c1ccc2c(/C=C3\Oc4cc(O)cc(O)c4C3=O)c[nH]c2c1. The topological polar surface area (TPSA) is 117 Å². The van der Waals surface area contributed by atoms with Gasteiger partial charge in [-0.2, -0.15) is 0 Å². The first kappa shape index (κ1) is 16.2. The number of carbonyl (C=O) groups is 1. The van der Waals surface area contributed by atoms with E-state index in [0.29, 0.717) is 16.5 Å². The number of carbonyl (C=O) groups excluding carboxylic acids is 1. The monoisotopic (exact) mass is 371 g/mol. The first-order valence-electron chi connectivity index (χ1n) is 7.55. The average Bonchev–Trinajstić information content (AvgIpc) is 3.08. The van der Waals surface area contributed by atoms with Crippen LogP contribution in [0.5, 0.6) is 17.2 Å². The Balaban J connectivity index is 1.78. The fourth-order valence-corrected chi connectivity index (χ4v) is 3.54. The number of phenolic OH excluding ortho intramolecular Hbond substituents is 2. The molecule has 0 saturated carbocycles. The second-order valence-electron chi connectivity index (χ2n) is 6.00. The van der Waals surface area contributed by atoms with E-state index in [1.165, 1.54) is 24.3 Å². The van der Waals surface area contributed by atoms with Crippen molar-refractivity contribution in [3.8, 4) is 17.2 Å². The third-order valence-electron chi connectivity index (χ3n) is 4.14. The van der Waals surface area contributed by atoms with E-state index < -0.39 is 15.6 Å². The Labute approximate surface area is 148 Å². The van der Waals surface area contributed by atoms with Crippen LogP contribution in [0.25, 0.3) is 17.0 Å². The van der Waals surface area contributed by atoms with Crippen LogP contribution in [-0.2, 0) is 9.84 Å². The van der Waals surface area contributed by atoms with Crippen LogP contribution in [0.1, 0.15) is 15.9 Å². The normalized spacial score (nSPS) is 15.4. The number of aromatic hydroxyl groups is 2. The van der Waals surface area contributed by atoms with Crippen LogP contribution in [0.15, 0.2) is 47.2 Å². The number of fused-ring (bicyclic) bond motifs is 2. The summed E-state index contributed by atoms with van der Waals surface area (Å²) < 4.78 is 28.8. The molecule has 0 bridgehead atoms. The molecule has 1 aliphatic heterocycles. The van der Waals surface area contributed by atoms with Crippen molar-refractivity contribution in [3.63, 3.8) is 0 Å². The zero-order valence-corrected chi connectivity index (χ0v) is 14.3. The second kappa shape index (κ2) is 5.37. The summed E-state index contributed by atoms with van der Waals surface area (Å²) in [7, 11) is -3.33. The molecule has 3 N–H and O–H groups in total. The van der Waals surface area contributed by atoms with Gasteiger partial charge in [0, 0.05) is 41.1 Å². The zero-order valence-electron chi connectivity index (χ0n) is 13.5. The van der Waals surface area contributed by atoms with Crippen molar-refractivity contribution < 1.29 is 28.2 Å². The van der Waals surface area contributed by atoms with Gasteiger partial charge in [-0.3, -0.25) is 4.79 Å². The number of allylic oxidation sites excluding steroid dienone is 1. The van der Waals surface area contributed by atoms with Crippen LogP contribution in [0.4, 0.5) is 0 Å². The number of phenols is 2. The molecule has 2 aromatic carbocycles. The number of hydrogen-bond acceptors (Lipinski definition) is 6. The van der Waals surface area contributed by atoms with Gasteiger partial charge in [0.05, 0.1) is 4.90 Å². The van der Waals surface area contributed by atoms with Gasteiger partial charge < -0.3 is 19.9 Å². The van der Waals surface area contributed by atoms with Crippen molar-refractivity contribution in [2.45, 2.75) is 4.90 Å². The van der Waals surface area contributed by atoms with Crippen molar-refractivity contribution in [2.24, 2.45) is 0 Å². The molecule has 0 atom stereocenters. The summed E-state index contributed by atoms with van der Waals surface area (Å²) in [4.78, 5) is 15.6. The highest BCUT2D eigenvalue weighted by molar-refractivity contribution is 7.90.